The van der Waals surface area contributed by atoms with Crippen molar-refractivity contribution in [1.82, 2.24) is 10.2 Å². The van der Waals surface area contributed by atoms with Gasteiger partial charge in [0.1, 0.15) is 5.82 Å². The molecule has 1 aliphatic heterocycles. The van der Waals surface area contributed by atoms with E-state index in [4.69, 9.17) is 0 Å². The molecule has 5 heteroatoms. The first-order valence-corrected chi connectivity index (χ1v) is 6.98. The summed E-state index contributed by atoms with van der Waals surface area (Å²) in [5.74, 6) is 0.273. The van der Waals surface area contributed by atoms with Crippen molar-refractivity contribution in [2.24, 2.45) is 5.92 Å². The third-order valence-corrected chi connectivity index (χ3v) is 3.71. The molecule has 1 aliphatic rings. The molecule has 1 aromatic rings. The Labute approximate surface area is 131 Å². The number of hydrogen-bond donors (Lipinski definition) is 1. The van der Waals surface area contributed by atoms with Crippen LogP contribution < -0.4 is 5.32 Å². The first-order chi connectivity index (χ1) is 9.60. The number of likely N-dealkylation sites (tertiary alicyclic amines) is 1. The fourth-order valence-electron chi connectivity index (χ4n) is 2.58. The minimum absolute atomic E-state index is 0. The number of nitrogens with one attached hydrogen (secondary N) is 1. The quantitative estimate of drug-likeness (QED) is 0.867. The maximum atomic E-state index is 13.2. The number of halogens is 2. The molecule has 0 aliphatic carbocycles. The van der Waals surface area contributed by atoms with Crippen molar-refractivity contribution in [3.63, 3.8) is 0 Å². The first-order valence-electron chi connectivity index (χ1n) is 6.98. The van der Waals surface area contributed by atoms with Crippen LogP contribution >= 0.6 is 12.4 Å². The zero-order chi connectivity index (χ0) is 14.5. The molecule has 21 heavy (non-hydrogen) atoms. The van der Waals surface area contributed by atoms with Gasteiger partial charge in [0, 0.05) is 19.2 Å². The van der Waals surface area contributed by atoms with Crippen molar-refractivity contribution in [3.8, 4) is 0 Å². The summed E-state index contributed by atoms with van der Waals surface area (Å²) in [6.07, 6.45) is 2.65. The number of nitrogens with zero attached hydrogens (tertiary/aromatic N) is 1. The minimum Gasteiger partial charge on any atom is -0.339 e. The van der Waals surface area contributed by atoms with Gasteiger partial charge < -0.3 is 10.2 Å². The van der Waals surface area contributed by atoms with Gasteiger partial charge >= 0.3 is 0 Å². The molecule has 1 fully saturated rings. The summed E-state index contributed by atoms with van der Waals surface area (Å²) in [6.45, 7) is 4.38. The zero-order valence-electron chi connectivity index (χ0n) is 12.4. The van der Waals surface area contributed by atoms with E-state index in [9.17, 15) is 9.18 Å². The largest absolute Gasteiger partial charge is 0.339 e. The van der Waals surface area contributed by atoms with Crippen LogP contribution in [0.4, 0.5) is 4.39 Å². The lowest BCUT2D eigenvalue weighted by Gasteiger charge is -2.15. The van der Waals surface area contributed by atoms with Gasteiger partial charge in [-0.1, -0.05) is 12.1 Å². The second-order valence-electron chi connectivity index (χ2n) is 5.33. The maximum absolute atomic E-state index is 13.2. The van der Waals surface area contributed by atoms with Crippen LogP contribution in [0.3, 0.4) is 0 Å². The van der Waals surface area contributed by atoms with Crippen LogP contribution in [0.2, 0.25) is 0 Å². The Balaban J connectivity index is 0.00000220. The molecule has 0 aromatic heterocycles. The van der Waals surface area contributed by atoms with Gasteiger partial charge in [0.05, 0.1) is 0 Å². The van der Waals surface area contributed by atoms with Gasteiger partial charge in [-0.2, -0.15) is 0 Å². The van der Waals surface area contributed by atoms with Crippen molar-refractivity contribution in [2.75, 3.05) is 26.7 Å². The van der Waals surface area contributed by atoms with E-state index in [0.717, 1.165) is 37.2 Å². The number of allylic oxidation sites excluding steroid dienone is 1. The highest BCUT2D eigenvalue weighted by molar-refractivity contribution is 5.95. The van der Waals surface area contributed by atoms with Crippen LogP contribution in [-0.4, -0.2) is 37.5 Å². The number of benzene rings is 1. The summed E-state index contributed by atoms with van der Waals surface area (Å²) >= 11 is 0. The van der Waals surface area contributed by atoms with Gasteiger partial charge in [-0.3, -0.25) is 4.79 Å². The molecule has 1 amide bonds. The van der Waals surface area contributed by atoms with Crippen LogP contribution in [0.5, 0.6) is 0 Å². The summed E-state index contributed by atoms with van der Waals surface area (Å²) in [6, 6.07) is 6.33. The lowest BCUT2D eigenvalue weighted by Crippen LogP contribution is -2.29. The standard InChI is InChI=1S/C16H21FN2O.ClH/c1-12(14-4-3-5-15(17)9-14)8-16(20)19-7-6-13(11-19)10-18-2;/h3-5,8-9,13,18H,6-7,10-11H2,1-2H3;1H/b12-8-;. The fourth-order valence-corrected chi connectivity index (χ4v) is 2.58. The first kappa shape index (κ1) is 17.7. The van der Waals surface area contributed by atoms with Crippen molar-refractivity contribution in [3.05, 3.63) is 41.7 Å². The van der Waals surface area contributed by atoms with Crippen molar-refractivity contribution >= 4 is 23.9 Å². The molecule has 0 bridgehead atoms. The van der Waals surface area contributed by atoms with E-state index in [2.05, 4.69) is 5.32 Å². The molecule has 3 nitrogen and oxygen atoms in total. The van der Waals surface area contributed by atoms with E-state index in [1.165, 1.54) is 12.1 Å². The Kier molecular flexibility index (Phi) is 6.85. The van der Waals surface area contributed by atoms with Crippen LogP contribution in [0.15, 0.2) is 30.3 Å². The van der Waals surface area contributed by atoms with E-state index in [1.54, 1.807) is 12.1 Å². The molecule has 0 saturated carbocycles. The molecule has 1 saturated heterocycles. The summed E-state index contributed by atoms with van der Waals surface area (Å²) < 4.78 is 13.2. The van der Waals surface area contributed by atoms with Gasteiger partial charge in [-0.25, -0.2) is 4.39 Å². The summed E-state index contributed by atoms with van der Waals surface area (Å²) in [7, 11) is 1.93. The van der Waals surface area contributed by atoms with Crippen LogP contribution in [0.1, 0.15) is 18.9 Å². The smallest absolute Gasteiger partial charge is 0.246 e. The van der Waals surface area contributed by atoms with Gasteiger partial charge in [0.2, 0.25) is 5.91 Å². The number of carbonyl (C=O) groups is 1. The molecule has 116 valence electrons. The third-order valence-electron chi connectivity index (χ3n) is 3.71. The average molecular weight is 313 g/mol. The second kappa shape index (κ2) is 8.15. The number of amides is 1. The third kappa shape index (κ3) is 4.83. The number of hydrogen-bond acceptors (Lipinski definition) is 2. The highest BCUT2D eigenvalue weighted by atomic mass is 35.5. The van der Waals surface area contributed by atoms with Gasteiger partial charge in [0.25, 0.3) is 0 Å². The van der Waals surface area contributed by atoms with Gasteiger partial charge in [-0.05, 0) is 56.1 Å². The van der Waals surface area contributed by atoms with Crippen LogP contribution in [0.25, 0.3) is 5.57 Å². The zero-order valence-corrected chi connectivity index (χ0v) is 13.3. The predicted molar refractivity (Wildman–Crippen MR) is 85.9 cm³/mol. The Morgan fingerprint density at radius 2 is 2.29 bits per heavy atom. The lowest BCUT2D eigenvalue weighted by molar-refractivity contribution is -0.125. The summed E-state index contributed by atoms with van der Waals surface area (Å²) in [4.78, 5) is 14.1. The fraction of sp³-hybridized carbons (Fsp3) is 0.438. The molecule has 1 unspecified atom stereocenters. The summed E-state index contributed by atoms with van der Waals surface area (Å²) in [5.41, 5.74) is 1.55. The van der Waals surface area contributed by atoms with E-state index in [-0.39, 0.29) is 24.1 Å². The van der Waals surface area contributed by atoms with Crippen LogP contribution in [-0.2, 0) is 4.79 Å². The molecule has 1 N–H and O–H groups in total. The molecule has 1 heterocycles. The molecule has 0 radical (unpaired) electrons. The molecular weight excluding hydrogens is 291 g/mol. The number of carbonyl (C=O) groups excluding carboxylic acids is 1. The Morgan fingerprint density at radius 3 is 2.95 bits per heavy atom. The highest BCUT2D eigenvalue weighted by Gasteiger charge is 2.24. The van der Waals surface area contributed by atoms with Crippen molar-refractivity contribution < 1.29 is 9.18 Å². The molecule has 1 aromatic carbocycles. The molecule has 0 spiro atoms. The van der Waals surface area contributed by atoms with E-state index >= 15 is 0 Å². The highest BCUT2D eigenvalue weighted by Crippen LogP contribution is 2.19. The van der Waals surface area contributed by atoms with Gasteiger partial charge in [-0.15, -0.1) is 12.4 Å². The lowest BCUT2D eigenvalue weighted by atomic mass is 10.1. The van der Waals surface area contributed by atoms with E-state index in [0.29, 0.717) is 5.92 Å². The Hall–Kier alpha value is -1.39. The average Bonchev–Trinajstić information content (AvgIpc) is 2.88. The van der Waals surface area contributed by atoms with E-state index in [1.807, 2.05) is 24.9 Å². The van der Waals surface area contributed by atoms with E-state index < -0.39 is 0 Å². The topological polar surface area (TPSA) is 32.3 Å². The number of rotatable bonds is 4. The van der Waals surface area contributed by atoms with Crippen LogP contribution in [0, 0.1) is 11.7 Å². The van der Waals surface area contributed by atoms with Gasteiger partial charge in [0.15, 0.2) is 0 Å². The monoisotopic (exact) mass is 312 g/mol. The molecule has 2 rings (SSSR count). The molecular formula is C16H22ClFN2O. The Bertz CT molecular complexity index is 519. The Morgan fingerprint density at radius 1 is 1.52 bits per heavy atom. The predicted octanol–water partition coefficient (Wildman–Crippen LogP) is 2.72. The molecule has 1 atom stereocenters. The van der Waals surface area contributed by atoms with Crippen molar-refractivity contribution in [2.45, 2.75) is 13.3 Å². The van der Waals surface area contributed by atoms with Crippen molar-refractivity contribution in [1.29, 1.82) is 0 Å². The second-order valence-corrected chi connectivity index (χ2v) is 5.33. The SMILES string of the molecule is CNCC1CCN(C(=O)/C=C(/C)c2cccc(F)c2)C1.Cl. The normalized spacial score (nSPS) is 18.5. The maximum Gasteiger partial charge on any atom is 0.246 e. The summed E-state index contributed by atoms with van der Waals surface area (Å²) in [5, 5.41) is 3.15. The minimum atomic E-state index is -0.280.